The summed E-state index contributed by atoms with van der Waals surface area (Å²) in [5.74, 6) is -1.95. The molecule has 0 spiro atoms. The van der Waals surface area contributed by atoms with Crippen molar-refractivity contribution in [2.24, 2.45) is 5.92 Å². The van der Waals surface area contributed by atoms with Crippen LogP contribution >= 0.6 is 0 Å². The molecule has 0 fully saturated rings. The second-order valence-electron chi connectivity index (χ2n) is 5.40. The van der Waals surface area contributed by atoms with E-state index >= 15 is 0 Å². The molecule has 0 bridgehead atoms. The molecule has 0 radical (unpaired) electrons. The summed E-state index contributed by atoms with van der Waals surface area (Å²) in [4.78, 5) is 10.8. The average Bonchev–Trinajstić information content (AvgIpc) is 2.32. The molecule has 2 atom stereocenters. The number of carbonyl (C=O) groups is 1. The zero-order valence-electron chi connectivity index (χ0n) is 12.5. The Morgan fingerprint density at radius 1 is 1.40 bits per heavy atom. The van der Waals surface area contributed by atoms with Gasteiger partial charge in [0.2, 0.25) is 0 Å². The normalized spacial score (nSPS) is 16.6. The summed E-state index contributed by atoms with van der Waals surface area (Å²) in [7, 11) is 0. The molecule has 0 saturated heterocycles. The highest BCUT2D eigenvalue weighted by atomic mass is 19.4. The number of hydrogen-bond acceptors (Lipinski definition) is 2. The van der Waals surface area contributed by atoms with Crippen LogP contribution in [0.2, 0.25) is 0 Å². The van der Waals surface area contributed by atoms with Crippen LogP contribution in [0, 0.1) is 5.92 Å². The van der Waals surface area contributed by atoms with Crippen LogP contribution in [0.1, 0.15) is 40.5 Å². The predicted octanol–water partition coefficient (Wildman–Crippen LogP) is 3.45. The maximum Gasteiger partial charge on any atom is 0.471 e. The van der Waals surface area contributed by atoms with Gasteiger partial charge in [-0.1, -0.05) is 26.8 Å². The SMILES string of the molecule is C=CC[C@@](C)(CC)O[C@H](CNC(=O)C(F)(F)F)C(C)C. The van der Waals surface area contributed by atoms with E-state index in [2.05, 4.69) is 6.58 Å². The van der Waals surface area contributed by atoms with Crippen molar-refractivity contribution >= 4 is 5.91 Å². The minimum absolute atomic E-state index is 0.0146. The molecule has 0 aromatic heterocycles. The number of halogens is 3. The maximum absolute atomic E-state index is 12.2. The Morgan fingerprint density at radius 3 is 2.30 bits per heavy atom. The number of amides is 1. The second kappa shape index (κ2) is 7.67. The lowest BCUT2D eigenvalue weighted by Crippen LogP contribution is -2.45. The fourth-order valence-electron chi connectivity index (χ4n) is 1.65. The number of nitrogens with one attached hydrogen (secondary N) is 1. The highest BCUT2D eigenvalue weighted by Gasteiger charge is 2.39. The van der Waals surface area contributed by atoms with Gasteiger partial charge in [0.05, 0.1) is 11.7 Å². The molecule has 0 aromatic rings. The van der Waals surface area contributed by atoms with Crippen LogP contribution in [-0.2, 0) is 9.53 Å². The number of hydrogen-bond donors (Lipinski definition) is 1. The minimum atomic E-state index is -4.86. The van der Waals surface area contributed by atoms with Gasteiger partial charge in [0.25, 0.3) is 0 Å². The van der Waals surface area contributed by atoms with Gasteiger partial charge in [-0.25, -0.2) is 0 Å². The molecule has 0 rings (SSSR count). The zero-order valence-corrected chi connectivity index (χ0v) is 12.5. The van der Waals surface area contributed by atoms with E-state index in [1.807, 2.05) is 33.0 Å². The summed E-state index contributed by atoms with van der Waals surface area (Å²) in [6.45, 7) is 11.0. The molecule has 3 nitrogen and oxygen atoms in total. The van der Waals surface area contributed by atoms with Gasteiger partial charge in [-0.05, 0) is 25.7 Å². The van der Waals surface area contributed by atoms with Gasteiger partial charge in [-0.15, -0.1) is 6.58 Å². The van der Waals surface area contributed by atoms with E-state index in [0.717, 1.165) is 0 Å². The van der Waals surface area contributed by atoms with Crippen LogP contribution in [0.25, 0.3) is 0 Å². The average molecular weight is 295 g/mol. The molecule has 118 valence electrons. The van der Waals surface area contributed by atoms with Gasteiger partial charge in [-0.2, -0.15) is 13.2 Å². The van der Waals surface area contributed by atoms with Crippen LogP contribution in [0.4, 0.5) is 13.2 Å². The van der Waals surface area contributed by atoms with E-state index in [4.69, 9.17) is 4.74 Å². The largest absolute Gasteiger partial charge is 0.471 e. The third-order valence-electron chi connectivity index (χ3n) is 3.22. The quantitative estimate of drug-likeness (QED) is 0.697. The third-order valence-corrected chi connectivity index (χ3v) is 3.22. The van der Waals surface area contributed by atoms with Crippen LogP contribution < -0.4 is 5.32 Å². The van der Waals surface area contributed by atoms with Gasteiger partial charge in [0, 0.05) is 6.54 Å². The summed E-state index contributed by atoms with van der Waals surface area (Å²) in [6.07, 6.45) is -2.33. The van der Waals surface area contributed by atoms with Crippen molar-refractivity contribution in [3.05, 3.63) is 12.7 Å². The molecule has 1 amide bonds. The number of ether oxygens (including phenoxy) is 1. The molecule has 20 heavy (non-hydrogen) atoms. The molecule has 6 heteroatoms. The monoisotopic (exact) mass is 295 g/mol. The summed E-state index contributed by atoms with van der Waals surface area (Å²) >= 11 is 0. The summed E-state index contributed by atoms with van der Waals surface area (Å²) in [5, 5.41) is 1.88. The minimum Gasteiger partial charge on any atom is -0.370 e. The fourth-order valence-corrected chi connectivity index (χ4v) is 1.65. The van der Waals surface area contributed by atoms with E-state index in [1.165, 1.54) is 0 Å². The molecule has 0 unspecified atom stereocenters. The van der Waals surface area contributed by atoms with E-state index in [-0.39, 0.29) is 12.5 Å². The highest BCUT2D eigenvalue weighted by Crippen LogP contribution is 2.25. The van der Waals surface area contributed by atoms with Crippen molar-refractivity contribution < 1.29 is 22.7 Å². The Morgan fingerprint density at radius 2 is 1.95 bits per heavy atom. The summed E-state index contributed by atoms with van der Waals surface area (Å²) in [5.41, 5.74) is -0.486. The first-order chi connectivity index (χ1) is 9.05. The molecular formula is C14H24F3NO2. The maximum atomic E-state index is 12.2. The number of rotatable bonds is 8. The fraction of sp³-hybridized carbons (Fsp3) is 0.786. The van der Waals surface area contributed by atoms with Crippen molar-refractivity contribution in [2.45, 2.75) is 58.4 Å². The topological polar surface area (TPSA) is 38.3 Å². The summed E-state index contributed by atoms with van der Waals surface area (Å²) < 4.78 is 42.4. The molecule has 0 aliphatic rings. The van der Waals surface area contributed by atoms with E-state index in [1.54, 1.807) is 6.08 Å². The van der Waals surface area contributed by atoms with E-state index < -0.39 is 23.8 Å². The van der Waals surface area contributed by atoms with Crippen molar-refractivity contribution in [3.63, 3.8) is 0 Å². The summed E-state index contributed by atoms with van der Waals surface area (Å²) in [6, 6.07) is 0. The zero-order chi connectivity index (χ0) is 16.0. The van der Waals surface area contributed by atoms with Gasteiger partial charge in [0.1, 0.15) is 0 Å². The third kappa shape index (κ3) is 6.41. The standard InChI is InChI=1S/C14H24F3NO2/c1-6-8-13(5,7-2)20-11(10(3)4)9-18-12(19)14(15,16)17/h6,10-11H,1,7-9H2,2-5H3,(H,18,19)/t11-,13-/m1/s1. The lowest BCUT2D eigenvalue weighted by Gasteiger charge is -2.34. The second-order valence-corrected chi connectivity index (χ2v) is 5.40. The molecule has 0 saturated carbocycles. The molecule has 0 aliphatic carbocycles. The molecule has 1 N–H and O–H groups in total. The first-order valence-corrected chi connectivity index (χ1v) is 6.69. The number of alkyl halides is 3. The predicted molar refractivity (Wildman–Crippen MR) is 72.3 cm³/mol. The first-order valence-electron chi connectivity index (χ1n) is 6.69. The van der Waals surface area contributed by atoms with Crippen molar-refractivity contribution in [2.75, 3.05) is 6.54 Å². The van der Waals surface area contributed by atoms with E-state index in [9.17, 15) is 18.0 Å². The molecular weight excluding hydrogens is 271 g/mol. The Kier molecular flexibility index (Phi) is 7.27. The molecule has 0 aromatic carbocycles. The molecule has 0 aliphatic heterocycles. The molecule has 0 heterocycles. The van der Waals surface area contributed by atoms with E-state index in [0.29, 0.717) is 12.8 Å². The Balaban J connectivity index is 4.67. The highest BCUT2D eigenvalue weighted by molar-refractivity contribution is 5.81. The Labute approximate surface area is 118 Å². The van der Waals surface area contributed by atoms with Gasteiger partial charge in [-0.3, -0.25) is 4.79 Å². The lowest BCUT2D eigenvalue weighted by molar-refractivity contribution is -0.175. The smallest absolute Gasteiger partial charge is 0.370 e. The van der Waals surface area contributed by atoms with Crippen LogP contribution in [0.3, 0.4) is 0 Å². The van der Waals surface area contributed by atoms with Crippen molar-refractivity contribution in [3.8, 4) is 0 Å². The number of carbonyl (C=O) groups excluding carboxylic acids is 1. The van der Waals surface area contributed by atoms with Crippen LogP contribution in [-0.4, -0.2) is 30.3 Å². The first kappa shape index (κ1) is 19.0. The van der Waals surface area contributed by atoms with Gasteiger partial charge >= 0.3 is 12.1 Å². The Bertz CT molecular complexity index is 329. The van der Waals surface area contributed by atoms with Crippen LogP contribution in [0.15, 0.2) is 12.7 Å². The Hall–Kier alpha value is -1.04. The van der Waals surface area contributed by atoms with Crippen molar-refractivity contribution in [1.29, 1.82) is 0 Å². The van der Waals surface area contributed by atoms with Crippen molar-refractivity contribution in [1.82, 2.24) is 5.32 Å². The van der Waals surface area contributed by atoms with Gasteiger partial charge < -0.3 is 10.1 Å². The lowest BCUT2D eigenvalue weighted by atomic mass is 9.97. The van der Waals surface area contributed by atoms with Crippen LogP contribution in [0.5, 0.6) is 0 Å². The van der Waals surface area contributed by atoms with Gasteiger partial charge in [0.15, 0.2) is 0 Å².